The fraction of sp³-hybridized carbons (Fsp3) is 0.600. The molecule has 1 atom stereocenters. The summed E-state index contributed by atoms with van der Waals surface area (Å²) >= 11 is 0. The van der Waals surface area contributed by atoms with Crippen molar-refractivity contribution in [3.8, 4) is 6.07 Å². The molecule has 5 nitrogen and oxygen atoms in total. The zero-order valence-electron chi connectivity index (χ0n) is 14.6. The van der Waals surface area contributed by atoms with Crippen molar-refractivity contribution in [2.45, 2.75) is 38.1 Å². The number of anilines is 1. The number of nitriles is 1. The van der Waals surface area contributed by atoms with Crippen molar-refractivity contribution in [1.82, 2.24) is 4.90 Å². The van der Waals surface area contributed by atoms with E-state index in [1.54, 1.807) is 0 Å². The zero-order chi connectivity index (χ0) is 17.3. The van der Waals surface area contributed by atoms with Gasteiger partial charge in [0.1, 0.15) is 6.07 Å². The van der Waals surface area contributed by atoms with E-state index in [9.17, 15) is 10.1 Å². The van der Waals surface area contributed by atoms with Crippen molar-refractivity contribution < 1.29 is 9.53 Å². The molecule has 0 N–H and O–H groups in total. The van der Waals surface area contributed by atoms with E-state index >= 15 is 0 Å². The Labute approximate surface area is 149 Å². The molecule has 4 rings (SSSR count). The number of amides is 1. The van der Waals surface area contributed by atoms with Gasteiger partial charge in [0.15, 0.2) is 0 Å². The Morgan fingerprint density at radius 2 is 1.96 bits per heavy atom. The third kappa shape index (κ3) is 2.89. The number of hydrogen-bond acceptors (Lipinski definition) is 4. The molecule has 3 heterocycles. The highest BCUT2D eigenvalue weighted by Gasteiger charge is 2.50. The highest BCUT2D eigenvalue weighted by molar-refractivity contribution is 5.86. The van der Waals surface area contributed by atoms with Gasteiger partial charge in [-0.3, -0.25) is 4.79 Å². The molecule has 0 bridgehead atoms. The molecule has 0 radical (unpaired) electrons. The van der Waals surface area contributed by atoms with Crippen molar-refractivity contribution in [3.05, 3.63) is 29.8 Å². The largest absolute Gasteiger partial charge is 0.381 e. The Bertz CT molecular complexity index is 692. The van der Waals surface area contributed by atoms with Crippen LogP contribution < -0.4 is 4.90 Å². The van der Waals surface area contributed by atoms with Gasteiger partial charge in [0.25, 0.3) is 0 Å². The molecule has 1 aromatic rings. The Morgan fingerprint density at radius 3 is 2.76 bits per heavy atom. The van der Waals surface area contributed by atoms with Crippen LogP contribution in [0.5, 0.6) is 0 Å². The number of para-hydroxylation sites is 1. The van der Waals surface area contributed by atoms with E-state index in [2.05, 4.69) is 15.9 Å². The summed E-state index contributed by atoms with van der Waals surface area (Å²) in [5, 5.41) is 9.41. The first kappa shape index (κ1) is 16.4. The minimum Gasteiger partial charge on any atom is -0.381 e. The molecule has 0 unspecified atom stereocenters. The van der Waals surface area contributed by atoms with Gasteiger partial charge in [0.05, 0.1) is 16.7 Å². The van der Waals surface area contributed by atoms with Gasteiger partial charge in [-0.15, -0.1) is 0 Å². The molecule has 1 aromatic carbocycles. The molecule has 3 saturated heterocycles. The van der Waals surface area contributed by atoms with Crippen LogP contribution in [-0.4, -0.2) is 49.7 Å². The van der Waals surface area contributed by atoms with Crippen molar-refractivity contribution in [2.24, 2.45) is 5.41 Å². The van der Waals surface area contributed by atoms with E-state index in [0.29, 0.717) is 17.5 Å². The maximum atomic E-state index is 13.3. The number of piperidine rings is 1. The molecule has 5 heteroatoms. The standard InChI is InChI=1S/C20H25N3O2/c21-14-16-4-1-2-5-18(16)22-10-3-8-20(15-22)9-11-23(19(20)24)17-6-12-25-13-7-17/h1-2,4-5,17H,3,6-13,15H2/t20-/m1/s1. The summed E-state index contributed by atoms with van der Waals surface area (Å²) in [4.78, 5) is 17.7. The predicted octanol–water partition coefficient (Wildman–Crippen LogP) is 2.56. The smallest absolute Gasteiger partial charge is 0.230 e. The lowest BCUT2D eigenvalue weighted by atomic mass is 9.78. The lowest BCUT2D eigenvalue weighted by Crippen LogP contribution is -2.50. The summed E-state index contributed by atoms with van der Waals surface area (Å²) in [7, 11) is 0. The Hall–Kier alpha value is -2.06. The number of benzene rings is 1. The van der Waals surface area contributed by atoms with E-state index < -0.39 is 0 Å². The molecular weight excluding hydrogens is 314 g/mol. The van der Waals surface area contributed by atoms with Gasteiger partial charge in [0, 0.05) is 38.9 Å². The fourth-order valence-electron chi connectivity index (χ4n) is 4.75. The first-order valence-electron chi connectivity index (χ1n) is 9.36. The lowest BCUT2D eigenvalue weighted by molar-refractivity contribution is -0.139. The monoisotopic (exact) mass is 339 g/mol. The summed E-state index contributed by atoms with van der Waals surface area (Å²) < 4.78 is 5.46. The van der Waals surface area contributed by atoms with Gasteiger partial charge in [0.2, 0.25) is 5.91 Å². The maximum Gasteiger partial charge on any atom is 0.230 e. The molecule has 132 valence electrons. The second-order valence-electron chi connectivity index (χ2n) is 7.53. The molecule has 0 saturated carbocycles. The van der Waals surface area contributed by atoms with Crippen LogP contribution in [0.25, 0.3) is 0 Å². The van der Waals surface area contributed by atoms with Gasteiger partial charge in [-0.1, -0.05) is 12.1 Å². The highest BCUT2D eigenvalue weighted by atomic mass is 16.5. The van der Waals surface area contributed by atoms with E-state index in [1.165, 1.54) is 0 Å². The zero-order valence-corrected chi connectivity index (χ0v) is 14.6. The van der Waals surface area contributed by atoms with E-state index in [1.807, 2.05) is 24.3 Å². The first-order valence-corrected chi connectivity index (χ1v) is 9.36. The maximum absolute atomic E-state index is 13.3. The number of ether oxygens (including phenoxy) is 1. The quantitative estimate of drug-likeness (QED) is 0.831. The molecular formula is C20H25N3O2. The average molecular weight is 339 g/mol. The van der Waals surface area contributed by atoms with E-state index in [-0.39, 0.29) is 5.41 Å². The van der Waals surface area contributed by atoms with Crippen molar-refractivity contribution in [2.75, 3.05) is 37.7 Å². The summed E-state index contributed by atoms with van der Waals surface area (Å²) in [6.07, 6.45) is 4.84. The molecule has 0 aromatic heterocycles. The Balaban J connectivity index is 1.54. The lowest BCUT2D eigenvalue weighted by Gasteiger charge is -2.41. The van der Waals surface area contributed by atoms with Crippen LogP contribution >= 0.6 is 0 Å². The van der Waals surface area contributed by atoms with Crippen molar-refractivity contribution >= 4 is 11.6 Å². The summed E-state index contributed by atoms with van der Waals surface area (Å²) in [6, 6.07) is 10.4. The third-order valence-electron chi connectivity index (χ3n) is 6.12. The summed E-state index contributed by atoms with van der Waals surface area (Å²) in [5.74, 6) is 0.332. The second kappa shape index (κ2) is 6.68. The normalized spacial score (nSPS) is 27.7. The van der Waals surface area contributed by atoms with E-state index in [0.717, 1.165) is 70.6 Å². The summed E-state index contributed by atoms with van der Waals surface area (Å²) in [5.41, 5.74) is 1.41. The second-order valence-corrected chi connectivity index (χ2v) is 7.53. The van der Waals surface area contributed by atoms with E-state index in [4.69, 9.17) is 4.74 Å². The number of hydrogen-bond donors (Lipinski definition) is 0. The first-order chi connectivity index (χ1) is 12.2. The Morgan fingerprint density at radius 1 is 1.16 bits per heavy atom. The van der Waals surface area contributed by atoms with Crippen molar-refractivity contribution in [3.63, 3.8) is 0 Å². The highest BCUT2D eigenvalue weighted by Crippen LogP contribution is 2.43. The third-order valence-corrected chi connectivity index (χ3v) is 6.12. The molecule has 1 amide bonds. The van der Waals surface area contributed by atoms with Crippen LogP contribution in [0.2, 0.25) is 0 Å². The molecule has 3 aliphatic heterocycles. The number of likely N-dealkylation sites (tertiary alicyclic amines) is 1. The number of nitrogens with zero attached hydrogens (tertiary/aromatic N) is 3. The van der Waals surface area contributed by atoms with Crippen molar-refractivity contribution in [1.29, 1.82) is 5.26 Å². The van der Waals surface area contributed by atoms with Crippen LogP contribution in [0.4, 0.5) is 5.69 Å². The molecule has 3 fully saturated rings. The van der Waals surface area contributed by atoms with Crippen LogP contribution in [0.15, 0.2) is 24.3 Å². The van der Waals surface area contributed by atoms with Crippen LogP contribution in [0, 0.1) is 16.7 Å². The van der Waals surface area contributed by atoms with Crippen LogP contribution in [-0.2, 0) is 9.53 Å². The fourth-order valence-corrected chi connectivity index (χ4v) is 4.75. The van der Waals surface area contributed by atoms with Crippen LogP contribution in [0.1, 0.15) is 37.7 Å². The number of carbonyl (C=O) groups excluding carboxylic acids is 1. The molecule has 1 spiro atoms. The number of rotatable bonds is 2. The molecule has 25 heavy (non-hydrogen) atoms. The van der Waals surface area contributed by atoms with Gasteiger partial charge in [-0.25, -0.2) is 0 Å². The average Bonchev–Trinajstić information content (AvgIpc) is 2.98. The SMILES string of the molecule is N#Cc1ccccc1N1CCC[C@@]2(CCN(C3CCOCC3)C2=O)C1. The van der Waals surface area contributed by atoms with Gasteiger partial charge >= 0.3 is 0 Å². The summed E-state index contributed by atoms with van der Waals surface area (Å²) in [6.45, 7) is 4.07. The number of carbonyl (C=O) groups is 1. The van der Waals surface area contributed by atoms with Gasteiger partial charge in [-0.2, -0.15) is 5.26 Å². The van der Waals surface area contributed by atoms with Crippen LogP contribution in [0.3, 0.4) is 0 Å². The van der Waals surface area contributed by atoms with Gasteiger partial charge in [-0.05, 0) is 44.2 Å². The van der Waals surface area contributed by atoms with Gasteiger partial charge < -0.3 is 14.5 Å². The minimum absolute atomic E-state index is 0.265. The Kier molecular flexibility index (Phi) is 4.39. The molecule has 3 aliphatic rings. The predicted molar refractivity (Wildman–Crippen MR) is 95.2 cm³/mol. The molecule has 0 aliphatic carbocycles. The topological polar surface area (TPSA) is 56.6 Å². The minimum atomic E-state index is -0.265.